The topological polar surface area (TPSA) is 135 Å². The number of rotatable bonds is 15. The molecule has 0 aliphatic carbocycles. The summed E-state index contributed by atoms with van der Waals surface area (Å²) < 4.78 is 17.5. The highest BCUT2D eigenvalue weighted by Gasteiger charge is 2.77. The number of esters is 1. The van der Waals surface area contributed by atoms with Crippen molar-refractivity contribution in [1.82, 2.24) is 10.2 Å². The molecule has 3 heterocycles. The van der Waals surface area contributed by atoms with Crippen molar-refractivity contribution in [2.75, 3.05) is 38.3 Å². The number of amides is 3. The average Bonchev–Trinajstić information content (AvgIpc) is 3.59. The van der Waals surface area contributed by atoms with E-state index in [1.807, 2.05) is 0 Å². The summed E-state index contributed by atoms with van der Waals surface area (Å²) in [4.78, 5) is 56.9. The molecule has 3 amide bonds. The van der Waals surface area contributed by atoms with Gasteiger partial charge in [0.1, 0.15) is 23.5 Å². The number of carbonyl (C=O) groups is 4. The molecule has 0 saturated carbocycles. The third-order valence-electron chi connectivity index (χ3n) is 8.29. The fraction of sp³-hybridized carbons (Fsp3) is 0.548. The molecule has 0 aromatic heterocycles. The summed E-state index contributed by atoms with van der Waals surface area (Å²) in [5.41, 5.74) is -0.692. The van der Waals surface area contributed by atoms with Crippen LogP contribution in [0, 0.1) is 11.8 Å². The van der Waals surface area contributed by atoms with Gasteiger partial charge in [-0.25, -0.2) is 0 Å². The number of ether oxygens (including phenoxy) is 3. The summed E-state index contributed by atoms with van der Waals surface area (Å²) in [7, 11) is 1.55. The predicted octanol–water partition coefficient (Wildman–Crippen LogP) is 2.36. The van der Waals surface area contributed by atoms with Gasteiger partial charge in [0, 0.05) is 36.6 Å². The Hall–Kier alpha value is -3.22. The molecule has 3 aliphatic heterocycles. The molecule has 1 spiro atoms. The smallest absolute Gasteiger partial charge is 0.312 e. The molecule has 1 aromatic carbocycles. The van der Waals surface area contributed by atoms with E-state index in [0.717, 1.165) is 0 Å². The van der Waals surface area contributed by atoms with Gasteiger partial charge in [-0.2, -0.15) is 0 Å². The second-order valence-corrected chi connectivity index (χ2v) is 12.3. The first-order valence-electron chi connectivity index (χ1n) is 14.5. The number of carbonyl (C=O) groups excluding carboxylic acids is 4. The van der Waals surface area contributed by atoms with E-state index in [1.165, 1.54) is 9.80 Å². The summed E-state index contributed by atoms with van der Waals surface area (Å²) >= 11 is 3.65. The van der Waals surface area contributed by atoms with E-state index in [4.69, 9.17) is 14.2 Å². The lowest BCUT2D eigenvalue weighted by atomic mass is 9.70. The molecular weight excluding hydrogens is 622 g/mol. The molecule has 2 N–H and O–H groups in total. The van der Waals surface area contributed by atoms with Crippen LogP contribution in [0.2, 0.25) is 0 Å². The summed E-state index contributed by atoms with van der Waals surface area (Å²) in [6, 6.07) is 5.95. The van der Waals surface area contributed by atoms with Crippen molar-refractivity contribution in [2.45, 2.75) is 61.3 Å². The van der Waals surface area contributed by atoms with Crippen LogP contribution in [0.25, 0.3) is 0 Å². The van der Waals surface area contributed by atoms with E-state index in [2.05, 4.69) is 34.4 Å². The number of fused-ring (bicyclic) bond motifs is 1. The van der Waals surface area contributed by atoms with Crippen LogP contribution in [0.1, 0.15) is 32.6 Å². The molecule has 3 fully saturated rings. The molecule has 4 rings (SSSR count). The SMILES string of the molecule is C=CCCC(=O)NC[C@@H](C)OC(=O)[C@H]1[C@@H]2O[C@@]3(CC2Br)[C@@H]1C(=O)N(CCCO)[C@@H]3C(=O)N(CC=C)c1ccc(OC)cc1. The van der Waals surface area contributed by atoms with Crippen molar-refractivity contribution in [3.8, 4) is 5.75 Å². The van der Waals surface area contributed by atoms with Crippen molar-refractivity contribution in [1.29, 1.82) is 0 Å². The Kier molecular flexibility index (Phi) is 10.7. The molecule has 2 bridgehead atoms. The number of allylic oxidation sites excluding steroid dienone is 1. The Morgan fingerprint density at radius 2 is 2.00 bits per heavy atom. The Morgan fingerprint density at radius 1 is 1.28 bits per heavy atom. The van der Waals surface area contributed by atoms with Gasteiger partial charge in [0.05, 0.1) is 31.6 Å². The second kappa shape index (κ2) is 14.0. The summed E-state index contributed by atoms with van der Waals surface area (Å²) in [5.74, 6) is -2.82. The number of alkyl halides is 1. The normalized spacial score (nSPS) is 27.8. The number of anilines is 1. The predicted molar refractivity (Wildman–Crippen MR) is 163 cm³/mol. The molecule has 11 nitrogen and oxygen atoms in total. The minimum Gasteiger partial charge on any atom is -0.497 e. The zero-order chi connectivity index (χ0) is 31.3. The number of aliphatic hydroxyl groups is 1. The molecule has 7 atom stereocenters. The minimum absolute atomic E-state index is 0.115. The maximum Gasteiger partial charge on any atom is 0.312 e. The number of nitrogens with one attached hydrogen (secondary N) is 1. The molecule has 3 aliphatic rings. The van der Waals surface area contributed by atoms with E-state index in [-0.39, 0.29) is 61.6 Å². The standard InChI is InChI=1S/C31H40BrN3O8/c1-5-7-9-23(37)33-18-19(3)42-30(40)24-25-28(38)35(15-8-16-36)27(31(25)17-22(32)26(24)43-31)29(39)34(14-6-2)20-10-12-21(41-4)13-11-20/h5-6,10-13,19,22,24-27,36H,1-2,7-9,14-18H2,3-4H3,(H,33,37)/t19-,22?,24-,25+,26-,27-,31+/m1/s1. The van der Waals surface area contributed by atoms with Crippen molar-refractivity contribution >= 4 is 45.3 Å². The number of hydrogen-bond acceptors (Lipinski definition) is 8. The molecule has 12 heteroatoms. The van der Waals surface area contributed by atoms with Crippen molar-refractivity contribution in [2.24, 2.45) is 11.8 Å². The summed E-state index contributed by atoms with van der Waals surface area (Å²) in [5, 5.41) is 12.3. The Balaban J connectivity index is 1.62. The van der Waals surface area contributed by atoms with E-state index in [9.17, 15) is 24.3 Å². The number of methoxy groups -OCH3 is 1. The van der Waals surface area contributed by atoms with Crippen LogP contribution in [-0.4, -0.2) is 95.7 Å². The van der Waals surface area contributed by atoms with Crippen LogP contribution in [0.5, 0.6) is 5.75 Å². The summed E-state index contributed by atoms with van der Waals surface area (Å²) in [6.45, 7) is 9.32. The first-order chi connectivity index (χ1) is 20.6. The van der Waals surface area contributed by atoms with E-state index >= 15 is 0 Å². The first-order valence-corrected chi connectivity index (χ1v) is 15.4. The second-order valence-electron chi connectivity index (χ2n) is 11.1. The van der Waals surface area contributed by atoms with Gasteiger partial charge < -0.3 is 34.4 Å². The van der Waals surface area contributed by atoms with E-state index < -0.39 is 41.7 Å². The van der Waals surface area contributed by atoms with E-state index in [0.29, 0.717) is 24.3 Å². The maximum absolute atomic E-state index is 14.5. The van der Waals surface area contributed by atoms with Crippen LogP contribution < -0.4 is 15.0 Å². The molecule has 43 heavy (non-hydrogen) atoms. The monoisotopic (exact) mass is 661 g/mol. The number of halogens is 1. The number of aliphatic hydroxyl groups excluding tert-OH is 1. The zero-order valence-electron chi connectivity index (χ0n) is 24.6. The van der Waals surface area contributed by atoms with Gasteiger partial charge in [-0.05, 0) is 50.5 Å². The van der Waals surface area contributed by atoms with Crippen LogP contribution in [0.3, 0.4) is 0 Å². The van der Waals surface area contributed by atoms with E-state index in [1.54, 1.807) is 50.5 Å². The third kappa shape index (κ3) is 6.37. The first kappa shape index (κ1) is 32.7. The Morgan fingerprint density at radius 3 is 2.63 bits per heavy atom. The van der Waals surface area contributed by atoms with Gasteiger partial charge in [-0.3, -0.25) is 19.2 Å². The summed E-state index contributed by atoms with van der Waals surface area (Å²) in [6.07, 6.45) is 3.33. The van der Waals surface area contributed by atoms with Crippen LogP contribution in [0.15, 0.2) is 49.6 Å². The largest absolute Gasteiger partial charge is 0.497 e. The highest BCUT2D eigenvalue weighted by molar-refractivity contribution is 9.09. The van der Waals surface area contributed by atoms with Crippen molar-refractivity contribution in [3.63, 3.8) is 0 Å². The Labute approximate surface area is 260 Å². The molecule has 234 valence electrons. The number of likely N-dealkylation sites (tertiary alicyclic amines) is 1. The zero-order valence-corrected chi connectivity index (χ0v) is 26.2. The maximum atomic E-state index is 14.5. The van der Waals surface area contributed by atoms with Crippen molar-refractivity contribution < 1.29 is 38.5 Å². The highest BCUT2D eigenvalue weighted by Crippen LogP contribution is 2.60. The van der Waals surface area contributed by atoms with Crippen LogP contribution >= 0.6 is 15.9 Å². The van der Waals surface area contributed by atoms with Gasteiger partial charge in [-0.1, -0.05) is 28.1 Å². The third-order valence-corrected chi connectivity index (χ3v) is 9.14. The number of benzene rings is 1. The lowest BCUT2D eigenvalue weighted by molar-refractivity contribution is -0.159. The number of nitrogens with zero attached hydrogens (tertiary/aromatic N) is 2. The molecule has 1 unspecified atom stereocenters. The van der Waals surface area contributed by atoms with Gasteiger partial charge in [-0.15, -0.1) is 13.2 Å². The Bertz CT molecular complexity index is 1230. The van der Waals surface area contributed by atoms with Gasteiger partial charge in [0.2, 0.25) is 11.8 Å². The minimum atomic E-state index is -1.28. The molecule has 3 saturated heterocycles. The quantitative estimate of drug-likeness (QED) is 0.166. The van der Waals surface area contributed by atoms with Gasteiger partial charge in [0.25, 0.3) is 5.91 Å². The number of hydrogen-bond donors (Lipinski definition) is 2. The molecule has 0 radical (unpaired) electrons. The van der Waals surface area contributed by atoms with Gasteiger partial charge in [0.15, 0.2) is 0 Å². The molecular formula is C31H40BrN3O8. The van der Waals surface area contributed by atoms with Gasteiger partial charge >= 0.3 is 5.97 Å². The average molecular weight is 663 g/mol. The highest BCUT2D eigenvalue weighted by atomic mass is 79.9. The lowest BCUT2D eigenvalue weighted by Gasteiger charge is -2.37. The fourth-order valence-electron chi connectivity index (χ4n) is 6.42. The van der Waals surface area contributed by atoms with Crippen LogP contribution in [0.4, 0.5) is 5.69 Å². The van der Waals surface area contributed by atoms with Crippen LogP contribution in [-0.2, 0) is 28.7 Å². The lowest BCUT2D eigenvalue weighted by Crippen LogP contribution is -2.57. The fourth-order valence-corrected chi connectivity index (χ4v) is 7.36. The van der Waals surface area contributed by atoms with Crippen molar-refractivity contribution in [3.05, 3.63) is 49.6 Å². The molecule has 1 aromatic rings.